The molecular formula is C12H22N2O2. The number of rotatable bonds is 5. The Balaban J connectivity index is 2.17. The van der Waals surface area contributed by atoms with Crippen LogP contribution < -0.4 is 10.6 Å². The second kappa shape index (κ2) is 5.32. The Morgan fingerprint density at radius 2 is 1.88 bits per heavy atom. The monoisotopic (exact) mass is 226 g/mol. The first-order valence-corrected chi connectivity index (χ1v) is 5.99. The summed E-state index contributed by atoms with van der Waals surface area (Å²) in [6.45, 7) is 8.21. The molecule has 92 valence electrons. The molecule has 0 radical (unpaired) electrons. The van der Waals surface area contributed by atoms with Crippen molar-refractivity contribution in [3.05, 3.63) is 0 Å². The molecule has 0 heterocycles. The fraction of sp³-hybridized carbons (Fsp3) is 0.833. The highest BCUT2D eigenvalue weighted by Gasteiger charge is 2.38. The molecule has 0 aromatic rings. The van der Waals surface area contributed by atoms with Crippen LogP contribution >= 0.6 is 0 Å². The third-order valence-corrected chi connectivity index (χ3v) is 3.26. The smallest absolute Gasteiger partial charge is 0.239 e. The summed E-state index contributed by atoms with van der Waals surface area (Å²) in [6, 6.07) is 0.143. The summed E-state index contributed by atoms with van der Waals surface area (Å²) in [7, 11) is 0. The summed E-state index contributed by atoms with van der Waals surface area (Å²) in [4.78, 5) is 22.9. The van der Waals surface area contributed by atoms with Gasteiger partial charge in [-0.2, -0.15) is 0 Å². The van der Waals surface area contributed by atoms with Crippen molar-refractivity contribution < 1.29 is 9.59 Å². The SMILES string of the molecule is CC(C)[C@H](C)NC(=O)CNC(=O)[C@H]1C[C@H]1C. The molecule has 1 saturated carbocycles. The molecule has 4 nitrogen and oxygen atoms in total. The molecule has 2 amide bonds. The number of nitrogens with one attached hydrogen (secondary N) is 2. The van der Waals surface area contributed by atoms with Gasteiger partial charge in [0, 0.05) is 12.0 Å². The molecule has 1 aliphatic rings. The van der Waals surface area contributed by atoms with E-state index < -0.39 is 0 Å². The van der Waals surface area contributed by atoms with Crippen LogP contribution in [0.1, 0.15) is 34.1 Å². The summed E-state index contributed by atoms with van der Waals surface area (Å²) >= 11 is 0. The van der Waals surface area contributed by atoms with Gasteiger partial charge in [0.2, 0.25) is 11.8 Å². The Bertz CT molecular complexity index is 276. The minimum atomic E-state index is -0.108. The molecule has 0 aromatic heterocycles. The third kappa shape index (κ3) is 3.83. The summed E-state index contributed by atoms with van der Waals surface area (Å²) in [6.07, 6.45) is 0.954. The summed E-state index contributed by atoms with van der Waals surface area (Å²) in [5, 5.41) is 5.52. The van der Waals surface area contributed by atoms with E-state index >= 15 is 0 Å². The van der Waals surface area contributed by atoms with Crippen LogP contribution in [0.3, 0.4) is 0 Å². The normalized spacial score (nSPS) is 25.1. The molecule has 1 aliphatic carbocycles. The topological polar surface area (TPSA) is 58.2 Å². The van der Waals surface area contributed by atoms with Crippen molar-refractivity contribution in [1.29, 1.82) is 0 Å². The second-order valence-electron chi connectivity index (χ2n) is 5.14. The van der Waals surface area contributed by atoms with Gasteiger partial charge in [-0.05, 0) is 25.2 Å². The van der Waals surface area contributed by atoms with E-state index in [4.69, 9.17) is 0 Å². The Morgan fingerprint density at radius 1 is 1.31 bits per heavy atom. The molecular weight excluding hydrogens is 204 g/mol. The van der Waals surface area contributed by atoms with Crippen molar-refractivity contribution in [2.24, 2.45) is 17.8 Å². The number of amides is 2. The van der Waals surface area contributed by atoms with Gasteiger partial charge in [0.15, 0.2) is 0 Å². The summed E-state index contributed by atoms with van der Waals surface area (Å²) in [5.74, 6) is 0.929. The fourth-order valence-electron chi connectivity index (χ4n) is 1.46. The van der Waals surface area contributed by atoms with Crippen LogP contribution in [0.15, 0.2) is 0 Å². The van der Waals surface area contributed by atoms with E-state index in [1.165, 1.54) is 0 Å². The van der Waals surface area contributed by atoms with Crippen LogP contribution in [0.4, 0.5) is 0 Å². The van der Waals surface area contributed by atoms with Crippen LogP contribution in [0, 0.1) is 17.8 Å². The van der Waals surface area contributed by atoms with E-state index in [-0.39, 0.29) is 30.3 Å². The van der Waals surface area contributed by atoms with Gasteiger partial charge in [-0.15, -0.1) is 0 Å². The summed E-state index contributed by atoms with van der Waals surface area (Å²) in [5.41, 5.74) is 0. The third-order valence-electron chi connectivity index (χ3n) is 3.26. The van der Waals surface area contributed by atoms with Crippen molar-refractivity contribution >= 4 is 11.8 Å². The van der Waals surface area contributed by atoms with Crippen molar-refractivity contribution in [3.63, 3.8) is 0 Å². The molecule has 1 fully saturated rings. The van der Waals surface area contributed by atoms with Crippen molar-refractivity contribution in [2.75, 3.05) is 6.54 Å². The zero-order valence-corrected chi connectivity index (χ0v) is 10.5. The Morgan fingerprint density at radius 3 is 2.31 bits per heavy atom. The lowest BCUT2D eigenvalue weighted by Crippen LogP contribution is -2.43. The van der Waals surface area contributed by atoms with Crippen LogP contribution in [-0.4, -0.2) is 24.4 Å². The molecule has 0 spiro atoms. The maximum absolute atomic E-state index is 11.5. The van der Waals surface area contributed by atoms with Gasteiger partial charge < -0.3 is 10.6 Å². The highest BCUT2D eigenvalue weighted by atomic mass is 16.2. The zero-order chi connectivity index (χ0) is 12.3. The van der Waals surface area contributed by atoms with Crippen LogP contribution in [0.25, 0.3) is 0 Å². The maximum Gasteiger partial charge on any atom is 0.239 e. The lowest BCUT2D eigenvalue weighted by molar-refractivity contribution is -0.127. The lowest BCUT2D eigenvalue weighted by Gasteiger charge is -2.17. The first kappa shape index (κ1) is 13.0. The molecule has 3 atom stereocenters. The number of hydrogen-bond donors (Lipinski definition) is 2. The van der Waals surface area contributed by atoms with Crippen LogP contribution in [0.5, 0.6) is 0 Å². The van der Waals surface area contributed by atoms with Crippen molar-refractivity contribution in [2.45, 2.75) is 40.2 Å². The molecule has 0 saturated heterocycles. The lowest BCUT2D eigenvalue weighted by atomic mass is 10.1. The van der Waals surface area contributed by atoms with Gasteiger partial charge >= 0.3 is 0 Å². The molecule has 16 heavy (non-hydrogen) atoms. The predicted molar refractivity (Wildman–Crippen MR) is 62.7 cm³/mol. The molecule has 0 bridgehead atoms. The van der Waals surface area contributed by atoms with Gasteiger partial charge in [-0.1, -0.05) is 20.8 Å². The van der Waals surface area contributed by atoms with Gasteiger partial charge in [-0.3, -0.25) is 9.59 Å². The minimum absolute atomic E-state index is 0.0138. The standard InChI is InChI=1S/C12H22N2O2/c1-7(2)9(4)14-11(15)6-13-12(16)10-5-8(10)3/h7-10H,5-6H2,1-4H3,(H,13,16)(H,14,15)/t8-,9+,10+/m1/s1. The quantitative estimate of drug-likeness (QED) is 0.732. The van der Waals surface area contributed by atoms with Crippen molar-refractivity contribution in [3.8, 4) is 0 Å². The predicted octanol–water partition coefficient (Wildman–Crippen LogP) is 0.919. The van der Waals surface area contributed by atoms with Gasteiger partial charge in [0.25, 0.3) is 0 Å². The first-order chi connectivity index (χ1) is 7.41. The summed E-state index contributed by atoms with van der Waals surface area (Å²) < 4.78 is 0. The highest BCUT2D eigenvalue weighted by molar-refractivity contribution is 5.87. The molecule has 0 aliphatic heterocycles. The maximum atomic E-state index is 11.5. The van der Waals surface area contributed by atoms with E-state index in [0.29, 0.717) is 11.8 Å². The Kier molecular flexibility index (Phi) is 4.33. The van der Waals surface area contributed by atoms with E-state index in [1.54, 1.807) is 0 Å². The average Bonchev–Trinajstić information content (AvgIpc) is 2.91. The van der Waals surface area contributed by atoms with Gasteiger partial charge in [0.05, 0.1) is 6.54 Å². The number of carbonyl (C=O) groups is 2. The van der Waals surface area contributed by atoms with E-state index in [9.17, 15) is 9.59 Å². The molecule has 2 N–H and O–H groups in total. The van der Waals surface area contributed by atoms with Crippen LogP contribution in [0.2, 0.25) is 0 Å². The van der Waals surface area contributed by atoms with Crippen LogP contribution in [-0.2, 0) is 9.59 Å². The van der Waals surface area contributed by atoms with E-state index in [1.807, 2.05) is 13.8 Å². The molecule has 1 rings (SSSR count). The largest absolute Gasteiger partial charge is 0.352 e. The average molecular weight is 226 g/mol. The molecule has 0 aromatic carbocycles. The van der Waals surface area contributed by atoms with Gasteiger partial charge in [-0.25, -0.2) is 0 Å². The zero-order valence-electron chi connectivity index (χ0n) is 10.5. The Labute approximate surface area is 97.2 Å². The molecule has 4 heteroatoms. The van der Waals surface area contributed by atoms with Crippen molar-refractivity contribution in [1.82, 2.24) is 10.6 Å². The molecule has 0 unspecified atom stereocenters. The minimum Gasteiger partial charge on any atom is -0.352 e. The number of carbonyl (C=O) groups excluding carboxylic acids is 2. The van der Waals surface area contributed by atoms with E-state index in [0.717, 1.165) is 6.42 Å². The second-order valence-corrected chi connectivity index (χ2v) is 5.14. The Hall–Kier alpha value is -1.06. The first-order valence-electron chi connectivity index (χ1n) is 5.99. The highest BCUT2D eigenvalue weighted by Crippen LogP contribution is 2.37. The van der Waals surface area contributed by atoms with Gasteiger partial charge in [0.1, 0.15) is 0 Å². The number of hydrogen-bond acceptors (Lipinski definition) is 2. The van der Waals surface area contributed by atoms with E-state index in [2.05, 4.69) is 24.5 Å². The fourth-order valence-corrected chi connectivity index (χ4v) is 1.46.